The molecule has 0 unspecified atom stereocenters. The van der Waals surface area contributed by atoms with Gasteiger partial charge < -0.3 is 19.9 Å². The number of hydrogen-bond donors (Lipinski definition) is 2. The lowest BCUT2D eigenvalue weighted by molar-refractivity contribution is -0.116. The molecule has 0 bridgehead atoms. The van der Waals surface area contributed by atoms with Crippen LogP contribution in [0.25, 0.3) is 11.1 Å². The standard InChI is InChI=1S/C24H22FNO5S/c1-12(2)31-18-10-13(7-8-17(18)30-3)16-11-19(27)26-21-20(14-5-4-6-15(25)9-14)23(24(28)29)32-22(16)21/h4-10,12,16H,11H2,1-3H3,(H,26,27)(H,28,29)/t16-/m1/s1. The number of anilines is 1. The second kappa shape index (κ2) is 8.63. The number of carboxylic acids is 1. The number of methoxy groups -OCH3 is 1. The van der Waals surface area contributed by atoms with Gasteiger partial charge in [0, 0.05) is 22.8 Å². The number of halogens is 1. The van der Waals surface area contributed by atoms with Gasteiger partial charge in [0.05, 0.1) is 18.9 Å². The van der Waals surface area contributed by atoms with E-state index in [1.165, 1.54) is 18.2 Å². The van der Waals surface area contributed by atoms with E-state index in [2.05, 4.69) is 5.32 Å². The third-order valence-electron chi connectivity index (χ3n) is 5.17. The predicted octanol–water partition coefficient (Wildman–Crippen LogP) is 5.52. The largest absolute Gasteiger partial charge is 0.493 e. The average Bonchev–Trinajstić information content (AvgIpc) is 3.12. The molecule has 32 heavy (non-hydrogen) atoms. The van der Waals surface area contributed by atoms with Gasteiger partial charge in [-0.2, -0.15) is 0 Å². The van der Waals surface area contributed by atoms with Crippen LogP contribution in [0, 0.1) is 5.82 Å². The van der Waals surface area contributed by atoms with Gasteiger partial charge in [-0.15, -0.1) is 11.3 Å². The molecule has 166 valence electrons. The molecule has 1 aliphatic rings. The highest BCUT2D eigenvalue weighted by Crippen LogP contribution is 2.50. The quantitative estimate of drug-likeness (QED) is 0.511. The van der Waals surface area contributed by atoms with Crippen molar-refractivity contribution in [1.82, 2.24) is 0 Å². The number of amides is 1. The molecule has 0 saturated heterocycles. The monoisotopic (exact) mass is 455 g/mol. The van der Waals surface area contributed by atoms with Gasteiger partial charge in [-0.1, -0.05) is 18.2 Å². The lowest BCUT2D eigenvalue weighted by Crippen LogP contribution is -2.22. The molecule has 0 fully saturated rings. The van der Waals surface area contributed by atoms with E-state index in [0.717, 1.165) is 16.9 Å². The minimum absolute atomic E-state index is 0.0555. The Labute approximate surface area is 188 Å². The third-order valence-corrected chi connectivity index (χ3v) is 6.46. The van der Waals surface area contributed by atoms with E-state index in [4.69, 9.17) is 9.47 Å². The number of fused-ring (bicyclic) bond motifs is 1. The van der Waals surface area contributed by atoms with E-state index < -0.39 is 11.8 Å². The average molecular weight is 456 g/mol. The Morgan fingerprint density at radius 2 is 2.00 bits per heavy atom. The first-order chi connectivity index (χ1) is 15.3. The summed E-state index contributed by atoms with van der Waals surface area (Å²) in [6.07, 6.45) is 0.0760. The van der Waals surface area contributed by atoms with Crippen molar-refractivity contribution in [3.05, 3.63) is 63.6 Å². The van der Waals surface area contributed by atoms with Crippen LogP contribution in [0.5, 0.6) is 11.5 Å². The maximum atomic E-state index is 13.9. The van der Waals surface area contributed by atoms with Crippen molar-refractivity contribution in [1.29, 1.82) is 0 Å². The summed E-state index contributed by atoms with van der Waals surface area (Å²) in [5.74, 6) is -1.10. The molecule has 8 heteroatoms. The molecule has 2 aromatic carbocycles. The molecule has 3 aromatic rings. The van der Waals surface area contributed by atoms with Gasteiger partial charge in [-0.05, 0) is 49.2 Å². The van der Waals surface area contributed by atoms with Crippen molar-refractivity contribution in [2.24, 2.45) is 0 Å². The van der Waals surface area contributed by atoms with Gasteiger partial charge >= 0.3 is 5.97 Å². The minimum atomic E-state index is -1.13. The van der Waals surface area contributed by atoms with Gasteiger partial charge in [0.2, 0.25) is 5.91 Å². The molecule has 1 aliphatic heterocycles. The first-order valence-electron chi connectivity index (χ1n) is 10.1. The SMILES string of the molecule is COc1ccc([C@H]2CC(=O)Nc3c2sc(C(=O)O)c3-c2cccc(F)c2)cc1OC(C)C. The molecule has 1 aromatic heterocycles. The molecule has 0 aliphatic carbocycles. The van der Waals surface area contributed by atoms with E-state index in [9.17, 15) is 19.1 Å². The van der Waals surface area contributed by atoms with Crippen molar-refractivity contribution in [3.8, 4) is 22.6 Å². The van der Waals surface area contributed by atoms with E-state index in [1.807, 2.05) is 26.0 Å². The third kappa shape index (κ3) is 4.05. The summed E-state index contributed by atoms with van der Waals surface area (Å²) in [4.78, 5) is 25.5. The minimum Gasteiger partial charge on any atom is -0.493 e. The molecule has 0 radical (unpaired) electrons. The Bertz CT molecular complexity index is 1200. The highest BCUT2D eigenvalue weighted by atomic mass is 32.1. The van der Waals surface area contributed by atoms with Crippen LogP contribution in [-0.4, -0.2) is 30.2 Å². The van der Waals surface area contributed by atoms with Crippen LogP contribution in [0.4, 0.5) is 10.1 Å². The number of carbonyl (C=O) groups excluding carboxylic acids is 1. The number of rotatable bonds is 6. The fraction of sp³-hybridized carbons (Fsp3) is 0.250. The fourth-order valence-electron chi connectivity index (χ4n) is 3.88. The Morgan fingerprint density at radius 3 is 2.66 bits per heavy atom. The van der Waals surface area contributed by atoms with Gasteiger partial charge in [0.25, 0.3) is 0 Å². The van der Waals surface area contributed by atoms with Crippen LogP contribution in [0.2, 0.25) is 0 Å². The number of carbonyl (C=O) groups is 2. The number of hydrogen-bond acceptors (Lipinski definition) is 5. The smallest absolute Gasteiger partial charge is 0.346 e. The van der Waals surface area contributed by atoms with Crippen molar-refractivity contribution in [2.45, 2.75) is 32.3 Å². The molecule has 1 atom stereocenters. The topological polar surface area (TPSA) is 84.9 Å². The summed E-state index contributed by atoms with van der Waals surface area (Å²) in [5.41, 5.74) is 1.95. The van der Waals surface area contributed by atoms with Gasteiger partial charge in [0.15, 0.2) is 11.5 Å². The van der Waals surface area contributed by atoms with Crippen LogP contribution >= 0.6 is 11.3 Å². The van der Waals surface area contributed by atoms with Gasteiger partial charge in [-0.25, -0.2) is 9.18 Å². The predicted molar refractivity (Wildman–Crippen MR) is 121 cm³/mol. The molecular weight excluding hydrogens is 433 g/mol. The van der Waals surface area contributed by atoms with Crippen molar-refractivity contribution in [3.63, 3.8) is 0 Å². The summed E-state index contributed by atoms with van der Waals surface area (Å²) < 4.78 is 25.2. The van der Waals surface area contributed by atoms with Crippen LogP contribution < -0.4 is 14.8 Å². The van der Waals surface area contributed by atoms with E-state index in [0.29, 0.717) is 33.2 Å². The van der Waals surface area contributed by atoms with Crippen LogP contribution in [-0.2, 0) is 4.79 Å². The number of thiophene rings is 1. The zero-order valence-corrected chi connectivity index (χ0v) is 18.6. The Hall–Kier alpha value is -3.39. The number of nitrogens with one attached hydrogen (secondary N) is 1. The summed E-state index contributed by atoms with van der Waals surface area (Å²) in [6.45, 7) is 3.81. The molecular formula is C24H22FNO5S. The lowest BCUT2D eigenvalue weighted by Gasteiger charge is -2.25. The molecule has 2 heterocycles. The summed E-state index contributed by atoms with van der Waals surface area (Å²) in [5, 5.41) is 12.7. The number of ether oxygens (including phenoxy) is 2. The number of aromatic carboxylic acids is 1. The second-order valence-electron chi connectivity index (χ2n) is 7.74. The Balaban J connectivity index is 1.89. The zero-order chi connectivity index (χ0) is 23.0. The van der Waals surface area contributed by atoms with Crippen molar-refractivity contribution < 1.29 is 28.6 Å². The van der Waals surface area contributed by atoms with E-state index in [-0.39, 0.29) is 29.2 Å². The number of carboxylic acid groups (broad SMARTS) is 1. The first kappa shape index (κ1) is 21.8. The van der Waals surface area contributed by atoms with Crippen LogP contribution in [0.15, 0.2) is 42.5 Å². The molecule has 2 N–H and O–H groups in total. The molecule has 4 rings (SSSR count). The van der Waals surface area contributed by atoms with Crippen molar-refractivity contribution >= 4 is 28.9 Å². The molecule has 0 spiro atoms. The second-order valence-corrected chi connectivity index (χ2v) is 8.79. The molecule has 6 nitrogen and oxygen atoms in total. The maximum Gasteiger partial charge on any atom is 0.346 e. The van der Waals surface area contributed by atoms with Gasteiger partial charge in [0.1, 0.15) is 10.7 Å². The first-order valence-corrected chi connectivity index (χ1v) is 10.9. The molecule has 0 saturated carbocycles. The summed E-state index contributed by atoms with van der Waals surface area (Å²) in [6, 6.07) is 11.2. The van der Waals surface area contributed by atoms with E-state index >= 15 is 0 Å². The van der Waals surface area contributed by atoms with Crippen molar-refractivity contribution in [2.75, 3.05) is 12.4 Å². The highest BCUT2D eigenvalue weighted by molar-refractivity contribution is 7.15. The normalized spacial score (nSPS) is 15.3. The van der Waals surface area contributed by atoms with Crippen LogP contribution in [0.3, 0.4) is 0 Å². The fourth-order valence-corrected chi connectivity index (χ4v) is 5.13. The van der Waals surface area contributed by atoms with E-state index in [1.54, 1.807) is 19.2 Å². The Morgan fingerprint density at radius 1 is 1.22 bits per heavy atom. The Kier molecular flexibility index (Phi) is 5.88. The lowest BCUT2D eigenvalue weighted by atomic mass is 9.88. The molecule has 1 amide bonds. The number of benzene rings is 2. The summed E-state index contributed by atoms with van der Waals surface area (Å²) in [7, 11) is 1.55. The van der Waals surface area contributed by atoms with Gasteiger partial charge in [-0.3, -0.25) is 4.79 Å². The zero-order valence-electron chi connectivity index (χ0n) is 17.8. The van der Waals surface area contributed by atoms with Crippen LogP contribution in [0.1, 0.15) is 46.3 Å². The maximum absolute atomic E-state index is 13.9. The summed E-state index contributed by atoms with van der Waals surface area (Å²) >= 11 is 1.10. The highest BCUT2D eigenvalue weighted by Gasteiger charge is 2.35.